The Morgan fingerprint density at radius 3 is 2.24 bits per heavy atom. The van der Waals surface area contributed by atoms with Crippen molar-refractivity contribution < 1.29 is 4.92 Å². The molecule has 0 aliphatic carbocycles. The van der Waals surface area contributed by atoms with Crippen LogP contribution in [0.3, 0.4) is 0 Å². The van der Waals surface area contributed by atoms with Gasteiger partial charge in [0.1, 0.15) is 0 Å². The quantitative estimate of drug-likeness (QED) is 0.648. The normalized spacial score (nSPS) is 10.2. The number of nitro groups is 1. The van der Waals surface area contributed by atoms with Crippen molar-refractivity contribution in [1.29, 1.82) is 0 Å². The second-order valence-electron chi connectivity index (χ2n) is 3.64. The first-order valence-electron chi connectivity index (χ1n) is 5.26. The van der Waals surface area contributed by atoms with E-state index in [0.717, 1.165) is 11.1 Å². The molecule has 0 saturated carbocycles. The predicted molar refractivity (Wildman–Crippen MR) is 66.4 cm³/mol. The lowest BCUT2D eigenvalue weighted by atomic mass is 9.98. The van der Waals surface area contributed by atoms with E-state index in [1.54, 1.807) is 18.2 Å². The molecule has 2 aromatic carbocycles. The Balaban J connectivity index is 2.64. The molecule has 0 fully saturated rings. The number of nitrogens with zero attached hydrogens (tertiary/aromatic N) is 1. The standard InChI is InChI=1S/C13H12N2O2/c14-9-10-5-1-2-6-11(10)12-7-3-4-8-13(12)15(16)17/h1-8H,9,14H2. The van der Waals surface area contributed by atoms with E-state index in [2.05, 4.69) is 0 Å². The van der Waals surface area contributed by atoms with E-state index >= 15 is 0 Å². The molecule has 0 amide bonds. The minimum Gasteiger partial charge on any atom is -0.326 e. The van der Waals surface area contributed by atoms with Crippen LogP contribution >= 0.6 is 0 Å². The molecule has 0 saturated heterocycles. The Morgan fingerprint density at radius 2 is 1.59 bits per heavy atom. The van der Waals surface area contributed by atoms with Crippen LogP contribution in [0.2, 0.25) is 0 Å². The zero-order chi connectivity index (χ0) is 12.3. The highest BCUT2D eigenvalue weighted by atomic mass is 16.6. The molecule has 0 spiro atoms. The van der Waals surface area contributed by atoms with Gasteiger partial charge in [-0.3, -0.25) is 10.1 Å². The number of benzene rings is 2. The summed E-state index contributed by atoms with van der Waals surface area (Å²) in [5.41, 5.74) is 8.09. The highest BCUT2D eigenvalue weighted by Gasteiger charge is 2.15. The van der Waals surface area contributed by atoms with Crippen molar-refractivity contribution in [3.8, 4) is 11.1 Å². The molecule has 0 aliphatic rings. The Morgan fingerprint density at radius 1 is 1.00 bits per heavy atom. The lowest BCUT2D eigenvalue weighted by molar-refractivity contribution is -0.384. The summed E-state index contributed by atoms with van der Waals surface area (Å²) in [6, 6.07) is 14.2. The van der Waals surface area contributed by atoms with Crippen molar-refractivity contribution in [2.45, 2.75) is 6.54 Å². The molecule has 2 rings (SSSR count). The summed E-state index contributed by atoms with van der Waals surface area (Å²) in [5.74, 6) is 0. The predicted octanol–water partition coefficient (Wildman–Crippen LogP) is 2.72. The van der Waals surface area contributed by atoms with Gasteiger partial charge in [0.05, 0.1) is 10.5 Å². The van der Waals surface area contributed by atoms with Crippen molar-refractivity contribution >= 4 is 5.69 Å². The zero-order valence-corrected chi connectivity index (χ0v) is 9.17. The summed E-state index contributed by atoms with van der Waals surface area (Å²) in [5, 5.41) is 11.0. The van der Waals surface area contributed by atoms with Gasteiger partial charge in [0.25, 0.3) is 5.69 Å². The van der Waals surface area contributed by atoms with Gasteiger partial charge >= 0.3 is 0 Å². The maximum Gasteiger partial charge on any atom is 0.277 e. The molecule has 4 heteroatoms. The molecular weight excluding hydrogens is 216 g/mol. The van der Waals surface area contributed by atoms with Gasteiger partial charge < -0.3 is 5.73 Å². The maximum absolute atomic E-state index is 11.0. The number of rotatable bonds is 3. The van der Waals surface area contributed by atoms with Gasteiger partial charge in [0, 0.05) is 12.6 Å². The van der Waals surface area contributed by atoms with E-state index in [1.165, 1.54) is 6.07 Å². The Kier molecular flexibility index (Phi) is 3.16. The fourth-order valence-corrected chi connectivity index (χ4v) is 1.82. The van der Waals surface area contributed by atoms with Crippen LogP contribution in [0, 0.1) is 10.1 Å². The highest BCUT2D eigenvalue weighted by molar-refractivity contribution is 5.75. The molecule has 0 aliphatic heterocycles. The molecule has 0 atom stereocenters. The van der Waals surface area contributed by atoms with E-state index in [9.17, 15) is 10.1 Å². The van der Waals surface area contributed by atoms with E-state index in [4.69, 9.17) is 5.73 Å². The molecular formula is C13H12N2O2. The van der Waals surface area contributed by atoms with Crippen LogP contribution in [0.5, 0.6) is 0 Å². The van der Waals surface area contributed by atoms with Gasteiger partial charge in [0.2, 0.25) is 0 Å². The van der Waals surface area contributed by atoms with Gasteiger partial charge in [-0.2, -0.15) is 0 Å². The van der Waals surface area contributed by atoms with Crippen LogP contribution in [0.25, 0.3) is 11.1 Å². The van der Waals surface area contributed by atoms with Crippen LogP contribution < -0.4 is 5.73 Å². The molecule has 86 valence electrons. The van der Waals surface area contributed by atoms with Gasteiger partial charge in [-0.25, -0.2) is 0 Å². The number of hydrogen-bond acceptors (Lipinski definition) is 3. The maximum atomic E-state index is 11.0. The van der Waals surface area contributed by atoms with Gasteiger partial charge in [-0.1, -0.05) is 36.4 Å². The average Bonchev–Trinajstić information content (AvgIpc) is 2.38. The first-order chi connectivity index (χ1) is 8.24. The van der Waals surface area contributed by atoms with Crippen molar-refractivity contribution in [2.24, 2.45) is 5.73 Å². The van der Waals surface area contributed by atoms with E-state index in [-0.39, 0.29) is 10.6 Å². The molecule has 0 heterocycles. The van der Waals surface area contributed by atoms with Crippen molar-refractivity contribution in [3.05, 3.63) is 64.2 Å². The second kappa shape index (κ2) is 4.76. The van der Waals surface area contributed by atoms with Crippen LogP contribution in [0.4, 0.5) is 5.69 Å². The Bertz CT molecular complexity index is 553. The lowest BCUT2D eigenvalue weighted by Gasteiger charge is -2.07. The third kappa shape index (κ3) is 2.16. The van der Waals surface area contributed by atoms with Crippen LogP contribution in [0.1, 0.15) is 5.56 Å². The summed E-state index contributed by atoms with van der Waals surface area (Å²) >= 11 is 0. The van der Waals surface area contributed by atoms with Gasteiger partial charge in [-0.05, 0) is 17.2 Å². The topological polar surface area (TPSA) is 69.2 Å². The minimum absolute atomic E-state index is 0.105. The third-order valence-electron chi connectivity index (χ3n) is 2.63. The summed E-state index contributed by atoms with van der Waals surface area (Å²) in [7, 11) is 0. The monoisotopic (exact) mass is 228 g/mol. The van der Waals surface area contributed by atoms with E-state index in [0.29, 0.717) is 12.1 Å². The number of hydrogen-bond donors (Lipinski definition) is 1. The second-order valence-corrected chi connectivity index (χ2v) is 3.64. The van der Waals surface area contributed by atoms with E-state index in [1.807, 2.05) is 24.3 Å². The van der Waals surface area contributed by atoms with Crippen molar-refractivity contribution in [1.82, 2.24) is 0 Å². The summed E-state index contributed by atoms with van der Waals surface area (Å²) in [6.07, 6.45) is 0. The van der Waals surface area contributed by atoms with Gasteiger partial charge in [0.15, 0.2) is 0 Å². The molecule has 17 heavy (non-hydrogen) atoms. The molecule has 0 radical (unpaired) electrons. The minimum atomic E-state index is -0.372. The summed E-state index contributed by atoms with van der Waals surface area (Å²) in [6.45, 7) is 0.363. The van der Waals surface area contributed by atoms with Crippen LogP contribution in [-0.2, 0) is 6.54 Å². The Hall–Kier alpha value is -2.20. The van der Waals surface area contributed by atoms with Crippen molar-refractivity contribution in [2.75, 3.05) is 0 Å². The molecule has 2 aromatic rings. The first-order valence-corrected chi connectivity index (χ1v) is 5.26. The highest BCUT2D eigenvalue weighted by Crippen LogP contribution is 2.31. The summed E-state index contributed by atoms with van der Waals surface area (Å²) < 4.78 is 0. The molecule has 0 aromatic heterocycles. The SMILES string of the molecule is NCc1ccccc1-c1ccccc1[N+](=O)[O-]. The number of nitro benzene ring substituents is 1. The third-order valence-corrected chi connectivity index (χ3v) is 2.63. The van der Waals surface area contributed by atoms with Crippen LogP contribution in [0.15, 0.2) is 48.5 Å². The first kappa shape index (κ1) is 11.3. The van der Waals surface area contributed by atoms with Gasteiger partial charge in [-0.15, -0.1) is 0 Å². The zero-order valence-electron chi connectivity index (χ0n) is 9.17. The molecule has 0 unspecified atom stereocenters. The van der Waals surface area contributed by atoms with Crippen LogP contribution in [-0.4, -0.2) is 4.92 Å². The van der Waals surface area contributed by atoms with Crippen molar-refractivity contribution in [3.63, 3.8) is 0 Å². The average molecular weight is 228 g/mol. The molecule has 2 N–H and O–H groups in total. The number of nitrogens with two attached hydrogens (primary N) is 1. The Labute approximate surface area is 98.8 Å². The smallest absolute Gasteiger partial charge is 0.277 e. The fraction of sp³-hybridized carbons (Fsp3) is 0.0769. The number of para-hydroxylation sites is 1. The largest absolute Gasteiger partial charge is 0.326 e. The summed E-state index contributed by atoms with van der Waals surface area (Å²) in [4.78, 5) is 10.6. The fourth-order valence-electron chi connectivity index (χ4n) is 1.82. The molecule has 0 bridgehead atoms. The lowest BCUT2D eigenvalue weighted by Crippen LogP contribution is -2.00. The molecule has 4 nitrogen and oxygen atoms in total. The van der Waals surface area contributed by atoms with E-state index < -0.39 is 0 Å².